The zero-order valence-corrected chi connectivity index (χ0v) is 10.8. The molecule has 1 N–H and O–H groups in total. The maximum atomic E-state index is 11.6. The van der Waals surface area contributed by atoms with Crippen LogP contribution in [0.5, 0.6) is 0 Å². The van der Waals surface area contributed by atoms with Gasteiger partial charge in [0.1, 0.15) is 5.56 Å². The van der Waals surface area contributed by atoms with Crippen LogP contribution in [-0.4, -0.2) is 15.6 Å². The molecule has 4 heteroatoms. The van der Waals surface area contributed by atoms with Gasteiger partial charge in [0, 0.05) is 18.0 Å². The Morgan fingerprint density at radius 1 is 1.26 bits per heavy atom. The number of aromatic carboxylic acids is 1. The Balaban J connectivity index is 2.54. The summed E-state index contributed by atoms with van der Waals surface area (Å²) in [6.45, 7) is 3.77. The number of benzene rings is 1. The van der Waals surface area contributed by atoms with Crippen molar-refractivity contribution in [3.05, 3.63) is 69.6 Å². The molecule has 0 spiro atoms. The topological polar surface area (TPSA) is 59.3 Å². The molecule has 0 fully saturated rings. The molecule has 0 radical (unpaired) electrons. The zero-order valence-electron chi connectivity index (χ0n) is 10.8. The molecule has 0 aliphatic heterocycles. The second kappa shape index (κ2) is 5.10. The van der Waals surface area contributed by atoms with Crippen molar-refractivity contribution >= 4 is 5.97 Å². The van der Waals surface area contributed by atoms with Crippen LogP contribution in [0.25, 0.3) is 0 Å². The minimum absolute atomic E-state index is 0.0279. The maximum Gasteiger partial charge on any atom is 0.341 e. The van der Waals surface area contributed by atoms with Crippen LogP contribution >= 0.6 is 0 Å². The molecule has 0 aliphatic rings. The van der Waals surface area contributed by atoms with Gasteiger partial charge in [0.15, 0.2) is 5.43 Å². The maximum absolute atomic E-state index is 11.6. The monoisotopic (exact) mass is 257 g/mol. The van der Waals surface area contributed by atoms with E-state index in [4.69, 9.17) is 5.11 Å². The van der Waals surface area contributed by atoms with Gasteiger partial charge in [-0.2, -0.15) is 0 Å². The largest absolute Gasteiger partial charge is 0.477 e. The number of rotatable bonds is 3. The summed E-state index contributed by atoms with van der Waals surface area (Å²) in [7, 11) is 0. The summed E-state index contributed by atoms with van der Waals surface area (Å²) < 4.78 is 1.81. The van der Waals surface area contributed by atoms with Crippen molar-refractivity contribution in [1.82, 2.24) is 4.57 Å². The summed E-state index contributed by atoms with van der Waals surface area (Å²) in [5.41, 5.74) is 1.15. The van der Waals surface area contributed by atoms with E-state index in [9.17, 15) is 9.59 Å². The van der Waals surface area contributed by atoms with Crippen molar-refractivity contribution in [2.45, 2.75) is 19.9 Å². The lowest BCUT2D eigenvalue weighted by atomic mass is 10.1. The third kappa shape index (κ3) is 2.57. The molecule has 0 aliphatic carbocycles. The highest BCUT2D eigenvalue weighted by Crippen LogP contribution is 2.19. The summed E-state index contributed by atoms with van der Waals surface area (Å²) >= 11 is 0. The first kappa shape index (κ1) is 13.1. The van der Waals surface area contributed by atoms with Gasteiger partial charge in [-0.25, -0.2) is 4.79 Å². The Kier molecular flexibility index (Phi) is 3.51. The molecule has 1 aromatic heterocycles. The van der Waals surface area contributed by atoms with Gasteiger partial charge in [-0.15, -0.1) is 0 Å². The van der Waals surface area contributed by atoms with Crippen LogP contribution in [-0.2, 0) is 0 Å². The summed E-state index contributed by atoms with van der Waals surface area (Å²) in [5, 5.41) is 9.02. The van der Waals surface area contributed by atoms with E-state index in [0.29, 0.717) is 0 Å². The van der Waals surface area contributed by atoms with Crippen molar-refractivity contribution in [3.8, 4) is 0 Å². The quantitative estimate of drug-likeness (QED) is 0.918. The van der Waals surface area contributed by atoms with E-state index in [1.807, 2.05) is 37.3 Å². The second-order valence-electron chi connectivity index (χ2n) is 4.49. The number of hydrogen-bond acceptors (Lipinski definition) is 2. The van der Waals surface area contributed by atoms with Gasteiger partial charge in [0.05, 0.1) is 6.04 Å². The molecule has 2 aromatic rings. The third-order valence-corrected chi connectivity index (χ3v) is 3.21. The lowest BCUT2D eigenvalue weighted by Crippen LogP contribution is -2.21. The van der Waals surface area contributed by atoms with E-state index in [2.05, 4.69) is 0 Å². The summed E-state index contributed by atoms with van der Waals surface area (Å²) in [6, 6.07) is 11.1. The molecule has 0 bridgehead atoms. The van der Waals surface area contributed by atoms with E-state index in [1.165, 1.54) is 12.3 Å². The SMILES string of the molecule is Cc1cc(=O)c(C(=O)O)cn1C(C)c1ccccc1. The molecule has 0 saturated heterocycles. The molecule has 4 nitrogen and oxygen atoms in total. The van der Waals surface area contributed by atoms with Gasteiger partial charge in [-0.3, -0.25) is 4.79 Å². The highest BCUT2D eigenvalue weighted by Gasteiger charge is 2.14. The number of carboxylic acids is 1. The van der Waals surface area contributed by atoms with E-state index in [0.717, 1.165) is 11.3 Å². The lowest BCUT2D eigenvalue weighted by Gasteiger charge is -2.19. The summed E-state index contributed by atoms with van der Waals surface area (Å²) in [5.74, 6) is -1.20. The minimum Gasteiger partial charge on any atom is -0.477 e. The molecule has 2 rings (SSSR count). The third-order valence-electron chi connectivity index (χ3n) is 3.21. The second-order valence-corrected chi connectivity index (χ2v) is 4.49. The van der Waals surface area contributed by atoms with Gasteiger partial charge in [-0.1, -0.05) is 30.3 Å². The Labute approximate surface area is 110 Å². The molecule has 19 heavy (non-hydrogen) atoms. The molecule has 98 valence electrons. The molecule has 1 atom stereocenters. The Morgan fingerprint density at radius 3 is 2.47 bits per heavy atom. The number of hydrogen-bond donors (Lipinski definition) is 1. The van der Waals surface area contributed by atoms with Crippen molar-refractivity contribution in [3.63, 3.8) is 0 Å². The highest BCUT2D eigenvalue weighted by molar-refractivity contribution is 5.87. The van der Waals surface area contributed by atoms with Crippen molar-refractivity contribution in [1.29, 1.82) is 0 Å². The van der Waals surface area contributed by atoms with Crippen LogP contribution in [0.2, 0.25) is 0 Å². The Bertz CT molecular complexity index is 659. The fourth-order valence-electron chi connectivity index (χ4n) is 2.12. The van der Waals surface area contributed by atoms with Crippen LogP contribution < -0.4 is 5.43 Å². The summed E-state index contributed by atoms with van der Waals surface area (Å²) in [6.07, 6.45) is 1.41. The van der Waals surface area contributed by atoms with Crippen molar-refractivity contribution in [2.75, 3.05) is 0 Å². The fraction of sp³-hybridized carbons (Fsp3) is 0.200. The molecule has 1 unspecified atom stereocenters. The average Bonchev–Trinajstić information content (AvgIpc) is 2.38. The van der Waals surface area contributed by atoms with E-state index in [-0.39, 0.29) is 11.6 Å². The van der Waals surface area contributed by atoms with Crippen LogP contribution in [0, 0.1) is 6.92 Å². The first-order valence-corrected chi connectivity index (χ1v) is 6.01. The number of carboxylic acid groups (broad SMARTS) is 1. The van der Waals surface area contributed by atoms with Gasteiger partial charge in [0.2, 0.25) is 0 Å². The first-order valence-electron chi connectivity index (χ1n) is 6.01. The number of carbonyl (C=O) groups is 1. The van der Waals surface area contributed by atoms with Gasteiger partial charge < -0.3 is 9.67 Å². The van der Waals surface area contributed by atoms with E-state index in [1.54, 1.807) is 11.5 Å². The highest BCUT2D eigenvalue weighted by atomic mass is 16.4. The average molecular weight is 257 g/mol. The number of nitrogens with zero attached hydrogens (tertiary/aromatic N) is 1. The molecule has 1 heterocycles. The summed E-state index contributed by atoms with van der Waals surface area (Å²) in [4.78, 5) is 22.6. The van der Waals surface area contributed by atoms with Gasteiger partial charge >= 0.3 is 5.97 Å². The van der Waals surface area contributed by atoms with Crippen molar-refractivity contribution in [2.24, 2.45) is 0 Å². The molecule has 0 amide bonds. The van der Waals surface area contributed by atoms with Crippen LogP contribution in [0.3, 0.4) is 0 Å². The Hall–Kier alpha value is -2.36. The van der Waals surface area contributed by atoms with Crippen LogP contribution in [0.15, 0.2) is 47.4 Å². The van der Waals surface area contributed by atoms with E-state index < -0.39 is 11.4 Å². The molecule has 0 saturated carbocycles. The van der Waals surface area contributed by atoms with Gasteiger partial charge in [0.25, 0.3) is 0 Å². The predicted molar refractivity (Wildman–Crippen MR) is 72.7 cm³/mol. The van der Waals surface area contributed by atoms with Crippen LogP contribution in [0.4, 0.5) is 0 Å². The fourth-order valence-corrected chi connectivity index (χ4v) is 2.12. The lowest BCUT2D eigenvalue weighted by molar-refractivity contribution is 0.0694. The molecule has 1 aromatic carbocycles. The first-order chi connectivity index (χ1) is 9.00. The predicted octanol–water partition coefficient (Wildman–Crippen LogP) is 2.46. The number of aromatic nitrogens is 1. The molecular weight excluding hydrogens is 242 g/mol. The van der Waals surface area contributed by atoms with Crippen LogP contribution in [0.1, 0.15) is 34.6 Å². The zero-order chi connectivity index (χ0) is 14.0. The smallest absolute Gasteiger partial charge is 0.341 e. The Morgan fingerprint density at radius 2 is 1.89 bits per heavy atom. The van der Waals surface area contributed by atoms with E-state index >= 15 is 0 Å². The number of pyridine rings is 1. The van der Waals surface area contributed by atoms with Crippen molar-refractivity contribution < 1.29 is 9.90 Å². The molecular formula is C15H15NO3. The minimum atomic E-state index is -1.20. The van der Waals surface area contributed by atoms with Gasteiger partial charge in [-0.05, 0) is 19.4 Å². The standard InChI is InChI=1S/C15H15NO3/c1-10-8-14(17)13(15(18)19)9-16(10)11(2)12-6-4-3-5-7-12/h3-9,11H,1-2H3,(H,18,19). The number of aryl methyl sites for hydroxylation is 1. The normalized spacial score (nSPS) is 12.1.